The summed E-state index contributed by atoms with van der Waals surface area (Å²) in [5, 5.41) is 0. The molecule has 0 unspecified atom stereocenters. The van der Waals surface area contributed by atoms with Crippen LogP contribution in [0.3, 0.4) is 0 Å². The molecule has 1 aliphatic rings. The molecule has 0 radical (unpaired) electrons. The van der Waals surface area contributed by atoms with E-state index in [9.17, 15) is 14.4 Å². The van der Waals surface area contributed by atoms with Gasteiger partial charge in [-0.15, -0.1) is 0 Å². The fourth-order valence-electron chi connectivity index (χ4n) is 3.97. The zero-order valence-electron chi connectivity index (χ0n) is 19.1. The third-order valence-corrected chi connectivity index (χ3v) is 6.00. The first-order chi connectivity index (χ1) is 15.3. The maximum absolute atomic E-state index is 12.9. The quantitative estimate of drug-likeness (QED) is 0.269. The number of ether oxygens (including phenoxy) is 3. The Balaban J connectivity index is 2.01. The molecule has 0 saturated heterocycles. The highest BCUT2D eigenvalue weighted by Crippen LogP contribution is 2.38. The van der Waals surface area contributed by atoms with Gasteiger partial charge in [0.2, 0.25) is 0 Å². The van der Waals surface area contributed by atoms with Gasteiger partial charge >= 0.3 is 17.9 Å². The van der Waals surface area contributed by atoms with Crippen LogP contribution >= 0.6 is 0 Å². The molecule has 0 aliphatic heterocycles. The van der Waals surface area contributed by atoms with Gasteiger partial charge in [-0.3, -0.25) is 4.79 Å². The molecule has 174 valence electrons. The van der Waals surface area contributed by atoms with Crippen molar-refractivity contribution in [2.45, 2.75) is 58.3 Å². The van der Waals surface area contributed by atoms with Crippen molar-refractivity contribution in [3.05, 3.63) is 55.1 Å². The van der Waals surface area contributed by atoms with Crippen molar-refractivity contribution >= 4 is 17.9 Å². The Hall–Kier alpha value is -2.89. The van der Waals surface area contributed by atoms with Gasteiger partial charge in [-0.2, -0.15) is 0 Å². The third-order valence-electron chi connectivity index (χ3n) is 6.00. The molecule has 0 amide bonds. The number of hydrogen-bond acceptors (Lipinski definition) is 6. The Morgan fingerprint density at radius 2 is 1.50 bits per heavy atom. The molecule has 0 spiro atoms. The summed E-state index contributed by atoms with van der Waals surface area (Å²) in [6.07, 6.45) is 9.45. The van der Waals surface area contributed by atoms with Crippen LogP contribution in [0, 0.1) is 11.3 Å². The Labute approximate surface area is 190 Å². The van der Waals surface area contributed by atoms with Crippen molar-refractivity contribution in [2.75, 3.05) is 13.2 Å². The summed E-state index contributed by atoms with van der Waals surface area (Å²) in [4.78, 5) is 35.8. The maximum Gasteiger partial charge on any atom is 0.330 e. The van der Waals surface area contributed by atoms with Gasteiger partial charge in [0.1, 0.15) is 24.4 Å². The van der Waals surface area contributed by atoms with Crippen LogP contribution in [0.25, 0.3) is 0 Å². The van der Waals surface area contributed by atoms with Gasteiger partial charge in [0.05, 0.1) is 0 Å². The lowest BCUT2D eigenvalue weighted by Crippen LogP contribution is -2.41. The second-order valence-corrected chi connectivity index (χ2v) is 8.65. The predicted molar refractivity (Wildman–Crippen MR) is 122 cm³/mol. The third kappa shape index (κ3) is 7.36. The maximum atomic E-state index is 12.9. The predicted octanol–water partition coefficient (Wildman–Crippen LogP) is 5.13. The van der Waals surface area contributed by atoms with Crippen LogP contribution in [-0.4, -0.2) is 31.1 Å². The zero-order valence-corrected chi connectivity index (χ0v) is 19.1. The van der Waals surface area contributed by atoms with Gasteiger partial charge < -0.3 is 14.2 Å². The van der Waals surface area contributed by atoms with Crippen LogP contribution in [-0.2, 0) is 23.9 Å². The van der Waals surface area contributed by atoms with Gasteiger partial charge in [0, 0.05) is 12.2 Å². The Morgan fingerprint density at radius 1 is 0.969 bits per heavy atom. The average Bonchev–Trinajstić information content (AvgIpc) is 2.82. The normalized spacial score (nSPS) is 18.3. The van der Waals surface area contributed by atoms with Crippen molar-refractivity contribution < 1.29 is 28.6 Å². The summed E-state index contributed by atoms with van der Waals surface area (Å²) < 4.78 is 15.6. The summed E-state index contributed by atoms with van der Waals surface area (Å²) in [7, 11) is 0. The lowest BCUT2D eigenvalue weighted by atomic mass is 9.77. The molecule has 1 aromatic carbocycles. The van der Waals surface area contributed by atoms with Crippen LogP contribution in [0.4, 0.5) is 0 Å². The second kappa shape index (κ2) is 12.2. The summed E-state index contributed by atoms with van der Waals surface area (Å²) >= 11 is 0. The molecule has 32 heavy (non-hydrogen) atoms. The number of carbonyl (C=O) groups is 3. The van der Waals surface area contributed by atoms with Crippen molar-refractivity contribution in [3.63, 3.8) is 0 Å². The van der Waals surface area contributed by atoms with Crippen LogP contribution in [0.1, 0.15) is 63.9 Å². The van der Waals surface area contributed by atoms with E-state index in [1.807, 2.05) is 12.1 Å². The van der Waals surface area contributed by atoms with Crippen molar-refractivity contribution in [1.29, 1.82) is 0 Å². The fourth-order valence-corrected chi connectivity index (χ4v) is 3.97. The van der Waals surface area contributed by atoms with Crippen molar-refractivity contribution in [1.82, 2.24) is 0 Å². The largest absolute Gasteiger partial charge is 0.461 e. The molecular weight excluding hydrogens is 408 g/mol. The molecule has 0 aromatic heterocycles. The molecule has 0 bridgehead atoms. The molecule has 2 rings (SSSR count). The van der Waals surface area contributed by atoms with Crippen LogP contribution < -0.4 is 4.74 Å². The van der Waals surface area contributed by atoms with E-state index >= 15 is 0 Å². The van der Waals surface area contributed by atoms with E-state index in [4.69, 9.17) is 14.2 Å². The minimum absolute atomic E-state index is 0.319. The molecule has 6 nitrogen and oxygen atoms in total. The molecule has 0 atom stereocenters. The van der Waals surface area contributed by atoms with Crippen LogP contribution in [0.2, 0.25) is 0 Å². The van der Waals surface area contributed by atoms with Crippen LogP contribution in [0.5, 0.6) is 5.75 Å². The summed E-state index contributed by atoms with van der Waals surface area (Å²) in [5.41, 5.74) is -0.129. The molecular formula is C26H34O6. The minimum atomic E-state index is -1.38. The Morgan fingerprint density at radius 3 is 1.97 bits per heavy atom. The molecule has 1 saturated carbocycles. The van der Waals surface area contributed by atoms with Crippen molar-refractivity contribution in [3.8, 4) is 5.75 Å². The first kappa shape index (κ1) is 25.4. The lowest BCUT2D eigenvalue weighted by molar-refractivity contribution is -0.160. The minimum Gasteiger partial charge on any atom is -0.461 e. The van der Waals surface area contributed by atoms with Gasteiger partial charge in [-0.25, -0.2) is 9.59 Å². The van der Waals surface area contributed by atoms with E-state index in [1.165, 1.54) is 51.0 Å². The molecule has 1 aromatic rings. The molecule has 1 fully saturated rings. The van der Waals surface area contributed by atoms with E-state index in [1.54, 1.807) is 12.1 Å². The van der Waals surface area contributed by atoms with Gasteiger partial charge in [-0.1, -0.05) is 45.1 Å². The Bertz CT molecular complexity index is 778. The fraction of sp³-hybridized carbons (Fsp3) is 0.500. The second-order valence-electron chi connectivity index (χ2n) is 8.65. The average molecular weight is 443 g/mol. The standard InChI is InChI=1S/C26H34O6/c1-5-8-19-9-11-20(12-10-19)21-13-15-22(16-14-21)32-25(29)26(4,17-30-23(27)6-2)18-31-24(28)7-3/h6-7,13-16,19-20H,2-3,5,8-12,17-18H2,1,4H3. The molecule has 6 heteroatoms. The highest BCUT2D eigenvalue weighted by molar-refractivity contribution is 5.84. The van der Waals surface area contributed by atoms with Crippen molar-refractivity contribution in [2.24, 2.45) is 11.3 Å². The lowest BCUT2D eigenvalue weighted by Gasteiger charge is -2.29. The van der Waals surface area contributed by atoms with E-state index in [0.717, 1.165) is 18.1 Å². The molecule has 0 heterocycles. The van der Waals surface area contributed by atoms with Gasteiger partial charge in [0.25, 0.3) is 0 Å². The zero-order chi connectivity index (χ0) is 23.6. The first-order valence-electron chi connectivity index (χ1n) is 11.2. The molecule has 0 N–H and O–H groups in total. The van der Waals surface area contributed by atoms with Gasteiger partial charge in [-0.05, 0) is 62.1 Å². The summed E-state index contributed by atoms with van der Waals surface area (Å²) in [5.74, 6) is -0.266. The first-order valence-corrected chi connectivity index (χ1v) is 11.2. The van der Waals surface area contributed by atoms with E-state index < -0.39 is 23.3 Å². The number of rotatable bonds is 11. The highest BCUT2D eigenvalue weighted by atomic mass is 16.6. The Kier molecular flexibility index (Phi) is 9.69. The van der Waals surface area contributed by atoms with E-state index in [2.05, 4.69) is 20.1 Å². The van der Waals surface area contributed by atoms with E-state index in [0.29, 0.717) is 11.7 Å². The SMILES string of the molecule is C=CC(=O)OCC(C)(COC(=O)C=C)C(=O)Oc1ccc(C2CCC(CCC)CC2)cc1. The monoisotopic (exact) mass is 442 g/mol. The number of benzene rings is 1. The van der Waals surface area contributed by atoms with E-state index in [-0.39, 0.29) is 13.2 Å². The topological polar surface area (TPSA) is 78.9 Å². The molecule has 1 aliphatic carbocycles. The smallest absolute Gasteiger partial charge is 0.330 e. The summed E-state index contributed by atoms with van der Waals surface area (Å²) in [6, 6.07) is 7.55. The summed E-state index contributed by atoms with van der Waals surface area (Å²) in [6.45, 7) is 9.77. The number of carbonyl (C=O) groups excluding carboxylic acids is 3. The highest BCUT2D eigenvalue weighted by Gasteiger charge is 2.39. The number of esters is 3. The van der Waals surface area contributed by atoms with Crippen LogP contribution in [0.15, 0.2) is 49.6 Å². The number of hydrogen-bond donors (Lipinski definition) is 0. The van der Waals surface area contributed by atoms with Gasteiger partial charge in [0.15, 0.2) is 0 Å².